The first-order valence-electron chi connectivity index (χ1n) is 5.77. The molecule has 16 heavy (non-hydrogen) atoms. The molecule has 1 aliphatic rings. The maximum atomic E-state index is 5.50. The van der Waals surface area contributed by atoms with Crippen LogP contribution in [0.25, 0.3) is 6.08 Å². The summed E-state index contributed by atoms with van der Waals surface area (Å²) in [7, 11) is 0. The second kappa shape index (κ2) is 5.13. The summed E-state index contributed by atoms with van der Waals surface area (Å²) >= 11 is 0. The van der Waals surface area contributed by atoms with Crippen LogP contribution in [0.15, 0.2) is 42.0 Å². The van der Waals surface area contributed by atoms with Gasteiger partial charge in [-0.2, -0.15) is 0 Å². The maximum absolute atomic E-state index is 5.50. The van der Waals surface area contributed by atoms with E-state index in [-0.39, 0.29) is 0 Å². The molecule has 0 bridgehead atoms. The van der Waals surface area contributed by atoms with Crippen LogP contribution in [0.1, 0.15) is 18.1 Å². The number of hydrogen-bond donors (Lipinski definition) is 0. The second-order valence-electron chi connectivity index (χ2n) is 4.28. The lowest BCUT2D eigenvalue weighted by Crippen LogP contribution is -1.96. The lowest BCUT2D eigenvalue weighted by molar-refractivity contribution is 0.195. The van der Waals surface area contributed by atoms with Crippen molar-refractivity contribution in [3.63, 3.8) is 0 Å². The molecule has 2 rings (SSSR count). The van der Waals surface area contributed by atoms with Crippen molar-refractivity contribution in [1.29, 1.82) is 0 Å². The van der Waals surface area contributed by atoms with E-state index in [0.29, 0.717) is 5.92 Å². The molecule has 1 atom stereocenters. The Morgan fingerprint density at radius 1 is 1.25 bits per heavy atom. The Balaban J connectivity index is 2.19. The zero-order chi connectivity index (χ0) is 11.4. The number of aryl methyl sites for hydroxylation is 1. The van der Waals surface area contributed by atoms with E-state index in [4.69, 9.17) is 4.74 Å². The molecule has 0 spiro atoms. The Morgan fingerprint density at radius 3 is 2.69 bits per heavy atom. The van der Waals surface area contributed by atoms with Gasteiger partial charge in [-0.1, -0.05) is 48.1 Å². The molecule has 0 unspecified atom stereocenters. The van der Waals surface area contributed by atoms with Crippen molar-refractivity contribution in [3.8, 4) is 0 Å². The van der Waals surface area contributed by atoms with E-state index >= 15 is 0 Å². The van der Waals surface area contributed by atoms with Gasteiger partial charge in [-0.25, -0.2) is 0 Å². The Labute approximate surface area is 97.4 Å². The first-order chi connectivity index (χ1) is 7.79. The van der Waals surface area contributed by atoms with Crippen LogP contribution >= 0.6 is 0 Å². The van der Waals surface area contributed by atoms with Crippen LogP contribution in [-0.4, -0.2) is 13.2 Å². The third-order valence-electron chi connectivity index (χ3n) is 2.90. The van der Waals surface area contributed by atoms with Crippen molar-refractivity contribution >= 4 is 6.08 Å². The highest BCUT2D eigenvalue weighted by molar-refractivity contribution is 5.55. The summed E-state index contributed by atoms with van der Waals surface area (Å²) in [4.78, 5) is 0. The number of rotatable bonds is 2. The van der Waals surface area contributed by atoms with E-state index in [1.54, 1.807) is 0 Å². The summed E-state index contributed by atoms with van der Waals surface area (Å²) in [5, 5.41) is 0. The minimum absolute atomic E-state index is 0.464. The summed E-state index contributed by atoms with van der Waals surface area (Å²) in [6.07, 6.45) is 6.56. The van der Waals surface area contributed by atoms with Crippen LogP contribution in [0.4, 0.5) is 0 Å². The van der Waals surface area contributed by atoms with Gasteiger partial charge >= 0.3 is 0 Å². The molecule has 0 amide bonds. The van der Waals surface area contributed by atoms with Gasteiger partial charge in [0.2, 0.25) is 0 Å². The average molecular weight is 214 g/mol. The fourth-order valence-electron chi connectivity index (χ4n) is 1.95. The van der Waals surface area contributed by atoms with Crippen molar-refractivity contribution in [3.05, 3.63) is 53.1 Å². The van der Waals surface area contributed by atoms with Crippen molar-refractivity contribution in [2.45, 2.75) is 13.8 Å². The largest absolute Gasteiger partial charge is 0.376 e. The highest BCUT2D eigenvalue weighted by atomic mass is 16.5. The van der Waals surface area contributed by atoms with Crippen molar-refractivity contribution in [1.82, 2.24) is 0 Å². The van der Waals surface area contributed by atoms with E-state index < -0.39 is 0 Å². The molecule has 1 saturated heterocycles. The van der Waals surface area contributed by atoms with Gasteiger partial charge < -0.3 is 4.74 Å². The highest BCUT2D eigenvalue weighted by Crippen LogP contribution is 2.23. The molecular formula is C15H18O. The third-order valence-corrected chi connectivity index (χ3v) is 2.90. The van der Waals surface area contributed by atoms with E-state index in [0.717, 1.165) is 13.2 Å². The average Bonchev–Trinajstić information content (AvgIpc) is 2.70. The maximum Gasteiger partial charge on any atom is 0.0687 e. The molecular weight excluding hydrogens is 196 g/mol. The van der Waals surface area contributed by atoms with Gasteiger partial charge in [-0.15, -0.1) is 0 Å². The molecule has 84 valence electrons. The van der Waals surface area contributed by atoms with Crippen LogP contribution < -0.4 is 0 Å². The second-order valence-corrected chi connectivity index (χ2v) is 4.28. The number of allylic oxidation sites excluding steroid dienone is 1. The van der Waals surface area contributed by atoms with Crippen molar-refractivity contribution in [2.75, 3.05) is 13.2 Å². The molecule has 1 nitrogen and oxygen atoms in total. The predicted molar refractivity (Wildman–Crippen MR) is 68.3 cm³/mol. The minimum Gasteiger partial charge on any atom is -0.376 e. The molecule has 0 radical (unpaired) electrons. The highest BCUT2D eigenvalue weighted by Gasteiger charge is 2.18. The Bertz CT molecular complexity index is 398. The van der Waals surface area contributed by atoms with Crippen LogP contribution in [-0.2, 0) is 4.74 Å². The van der Waals surface area contributed by atoms with Crippen LogP contribution in [0.2, 0.25) is 0 Å². The van der Waals surface area contributed by atoms with Gasteiger partial charge in [-0.3, -0.25) is 0 Å². The topological polar surface area (TPSA) is 9.23 Å². The van der Waals surface area contributed by atoms with Gasteiger partial charge in [-0.05, 0) is 25.0 Å². The van der Waals surface area contributed by atoms with Gasteiger partial charge in [0.15, 0.2) is 0 Å². The molecule has 1 fully saturated rings. The molecule has 0 aliphatic carbocycles. The lowest BCUT2D eigenvalue weighted by Gasteiger charge is -2.04. The summed E-state index contributed by atoms with van der Waals surface area (Å²) in [5.41, 5.74) is 3.94. The first kappa shape index (κ1) is 11.2. The van der Waals surface area contributed by atoms with Gasteiger partial charge in [0.25, 0.3) is 0 Å². The van der Waals surface area contributed by atoms with Crippen molar-refractivity contribution < 1.29 is 4.74 Å². The molecule has 0 N–H and O–H groups in total. The normalized spacial score (nSPS) is 23.4. The fourth-order valence-corrected chi connectivity index (χ4v) is 1.95. The standard InChI is InChI=1S/C15H18O/c1-3-4-14-10-16-11-15(14)9-13-7-5-12(2)6-8-13/h3-9,14H,10-11H2,1-2H3/b4-3+,15-9-/t14-/m0/s1. The molecule has 1 aliphatic heterocycles. The molecule has 1 aromatic rings. The molecule has 1 heterocycles. The summed E-state index contributed by atoms with van der Waals surface area (Å²) in [5.74, 6) is 0.464. The molecule has 0 aromatic heterocycles. The monoisotopic (exact) mass is 214 g/mol. The number of benzene rings is 1. The zero-order valence-corrected chi connectivity index (χ0v) is 9.94. The fraction of sp³-hybridized carbons (Fsp3) is 0.333. The zero-order valence-electron chi connectivity index (χ0n) is 9.94. The minimum atomic E-state index is 0.464. The summed E-state index contributed by atoms with van der Waals surface area (Å²) in [6.45, 7) is 5.75. The Kier molecular flexibility index (Phi) is 3.58. The SMILES string of the molecule is C/C=C/[C@H]1COC/C1=C/c1ccc(C)cc1. The quantitative estimate of drug-likeness (QED) is 0.683. The van der Waals surface area contributed by atoms with Crippen LogP contribution in [0.3, 0.4) is 0 Å². The Hall–Kier alpha value is -1.34. The molecule has 1 aromatic carbocycles. The Morgan fingerprint density at radius 2 is 2.00 bits per heavy atom. The van der Waals surface area contributed by atoms with Gasteiger partial charge in [0.05, 0.1) is 13.2 Å². The molecule has 1 heteroatoms. The number of ether oxygens (including phenoxy) is 1. The van der Waals surface area contributed by atoms with Gasteiger partial charge in [0.1, 0.15) is 0 Å². The smallest absolute Gasteiger partial charge is 0.0687 e. The van der Waals surface area contributed by atoms with E-state index in [1.807, 2.05) is 0 Å². The van der Waals surface area contributed by atoms with E-state index in [9.17, 15) is 0 Å². The predicted octanol–water partition coefficient (Wildman–Crippen LogP) is 3.60. The van der Waals surface area contributed by atoms with Crippen LogP contribution in [0, 0.1) is 12.8 Å². The summed E-state index contributed by atoms with van der Waals surface area (Å²) in [6, 6.07) is 8.61. The third kappa shape index (κ3) is 2.61. The number of hydrogen-bond acceptors (Lipinski definition) is 1. The van der Waals surface area contributed by atoms with Gasteiger partial charge in [0, 0.05) is 5.92 Å². The molecule has 0 saturated carbocycles. The van der Waals surface area contributed by atoms with Crippen LogP contribution in [0.5, 0.6) is 0 Å². The van der Waals surface area contributed by atoms with E-state index in [1.165, 1.54) is 16.7 Å². The lowest BCUT2D eigenvalue weighted by atomic mass is 9.99. The first-order valence-corrected chi connectivity index (χ1v) is 5.77. The van der Waals surface area contributed by atoms with Crippen molar-refractivity contribution in [2.24, 2.45) is 5.92 Å². The summed E-state index contributed by atoms with van der Waals surface area (Å²) < 4.78 is 5.50. The van der Waals surface area contributed by atoms with E-state index in [2.05, 4.69) is 56.3 Å².